The van der Waals surface area contributed by atoms with Crippen molar-refractivity contribution in [3.63, 3.8) is 0 Å². The van der Waals surface area contributed by atoms with Crippen LogP contribution in [0.5, 0.6) is 0 Å². The van der Waals surface area contributed by atoms with Gasteiger partial charge in [0.1, 0.15) is 0 Å². The molecule has 0 atom stereocenters. The maximum atomic E-state index is 5.00. The summed E-state index contributed by atoms with van der Waals surface area (Å²) in [5, 5.41) is 2.46. The number of benzene rings is 4. The molecule has 0 N–H and O–H groups in total. The zero-order valence-corrected chi connectivity index (χ0v) is 14.7. The molecule has 2 aromatic heterocycles. The highest BCUT2D eigenvalue weighted by Gasteiger charge is 2.24. The molecule has 6 aromatic rings. The van der Waals surface area contributed by atoms with Crippen molar-refractivity contribution >= 4 is 43.9 Å². The molecule has 128 valence electrons. The van der Waals surface area contributed by atoms with Crippen LogP contribution in [-0.4, -0.2) is 19.9 Å². The van der Waals surface area contributed by atoms with Crippen LogP contribution < -0.4 is 0 Å². The van der Waals surface area contributed by atoms with E-state index in [0.29, 0.717) is 0 Å². The van der Waals surface area contributed by atoms with Gasteiger partial charge in [-0.3, -0.25) is 0 Å². The minimum absolute atomic E-state index is 0.842. The largest absolute Gasteiger partial charge is 0.244 e. The van der Waals surface area contributed by atoms with Gasteiger partial charge >= 0.3 is 0 Å². The molecule has 0 aliphatic heterocycles. The van der Waals surface area contributed by atoms with Gasteiger partial charge in [-0.05, 0) is 29.7 Å². The van der Waals surface area contributed by atoms with Crippen molar-refractivity contribution in [1.29, 1.82) is 0 Å². The maximum absolute atomic E-state index is 5.00. The van der Waals surface area contributed by atoms with Gasteiger partial charge in [0.2, 0.25) is 0 Å². The van der Waals surface area contributed by atoms with Crippen LogP contribution in [0, 0.1) is 0 Å². The van der Waals surface area contributed by atoms with Gasteiger partial charge in [-0.15, -0.1) is 0 Å². The highest BCUT2D eigenvalue weighted by atomic mass is 14.9. The topological polar surface area (TPSA) is 51.6 Å². The van der Waals surface area contributed by atoms with Crippen molar-refractivity contribution < 1.29 is 0 Å². The van der Waals surface area contributed by atoms with E-state index in [1.165, 1.54) is 10.8 Å². The summed E-state index contributed by atoms with van der Waals surface area (Å²) in [6.07, 6.45) is 0. The van der Waals surface area contributed by atoms with Crippen LogP contribution in [0.25, 0.3) is 66.4 Å². The summed E-state index contributed by atoms with van der Waals surface area (Å²) >= 11 is 0. The van der Waals surface area contributed by atoms with Crippen molar-refractivity contribution in [2.24, 2.45) is 0 Å². The van der Waals surface area contributed by atoms with Gasteiger partial charge in [-0.1, -0.05) is 48.5 Å². The van der Waals surface area contributed by atoms with E-state index in [9.17, 15) is 0 Å². The Bertz CT molecular complexity index is 1500. The molecule has 1 aliphatic rings. The number of fused-ring (bicyclic) bond motifs is 6. The summed E-state index contributed by atoms with van der Waals surface area (Å²) in [4.78, 5) is 19.5. The van der Waals surface area contributed by atoms with E-state index in [1.54, 1.807) is 0 Å². The molecule has 0 amide bonds. The molecular formula is C24H12N4. The van der Waals surface area contributed by atoms with E-state index in [0.717, 1.165) is 55.6 Å². The number of nitrogens with zero attached hydrogens (tertiary/aromatic N) is 4. The van der Waals surface area contributed by atoms with Crippen LogP contribution in [0.1, 0.15) is 0 Å². The standard InChI is InChI=1S/C24H12N4/c1-2-10-17-16(9-1)25-18-11-20-21(12-19(18)26-17)28-24-15-8-4-6-13-5-3-7-14(22(13)15)23(24)27-20/h1-12H. The van der Waals surface area contributed by atoms with Crippen LogP contribution in [0.15, 0.2) is 72.8 Å². The first-order valence-corrected chi connectivity index (χ1v) is 9.26. The highest BCUT2D eigenvalue weighted by Crippen LogP contribution is 2.45. The average Bonchev–Trinajstić information content (AvgIpc) is 3.04. The van der Waals surface area contributed by atoms with Crippen molar-refractivity contribution in [1.82, 2.24) is 19.9 Å². The van der Waals surface area contributed by atoms with Crippen molar-refractivity contribution in [3.8, 4) is 22.5 Å². The fraction of sp³-hybridized carbons (Fsp3) is 0. The second-order valence-corrected chi connectivity index (χ2v) is 7.17. The molecule has 4 nitrogen and oxygen atoms in total. The number of hydrogen-bond donors (Lipinski definition) is 0. The van der Waals surface area contributed by atoms with Gasteiger partial charge < -0.3 is 0 Å². The molecule has 0 saturated heterocycles. The monoisotopic (exact) mass is 356 g/mol. The zero-order chi connectivity index (χ0) is 18.2. The molecule has 0 fully saturated rings. The summed E-state index contributed by atoms with van der Waals surface area (Å²) in [6.45, 7) is 0. The number of aromatic nitrogens is 4. The average molecular weight is 356 g/mol. The first-order chi connectivity index (χ1) is 13.8. The quantitative estimate of drug-likeness (QED) is 0.335. The Balaban J connectivity index is 1.60. The lowest BCUT2D eigenvalue weighted by molar-refractivity contribution is 1.31. The smallest absolute Gasteiger partial charge is 0.0979 e. The fourth-order valence-electron chi connectivity index (χ4n) is 4.28. The number of hydrogen-bond acceptors (Lipinski definition) is 4. The maximum Gasteiger partial charge on any atom is 0.0979 e. The lowest BCUT2D eigenvalue weighted by Crippen LogP contribution is -1.93. The molecule has 4 heteroatoms. The Kier molecular flexibility index (Phi) is 2.46. The van der Waals surface area contributed by atoms with Crippen LogP contribution in [-0.2, 0) is 0 Å². The van der Waals surface area contributed by atoms with Gasteiger partial charge in [0, 0.05) is 16.5 Å². The predicted octanol–water partition coefficient (Wildman–Crippen LogP) is 5.53. The molecule has 0 bridgehead atoms. The third kappa shape index (κ3) is 1.74. The minimum Gasteiger partial charge on any atom is -0.244 e. The minimum atomic E-state index is 0.842. The summed E-state index contributed by atoms with van der Waals surface area (Å²) in [7, 11) is 0. The summed E-state index contributed by atoms with van der Waals surface area (Å²) in [5.41, 5.74) is 9.37. The third-order valence-corrected chi connectivity index (χ3v) is 5.54. The van der Waals surface area contributed by atoms with E-state index < -0.39 is 0 Å². The van der Waals surface area contributed by atoms with Gasteiger partial charge in [0.05, 0.1) is 44.5 Å². The molecule has 2 heterocycles. The molecule has 4 aromatic carbocycles. The van der Waals surface area contributed by atoms with E-state index in [2.05, 4.69) is 36.4 Å². The number of rotatable bonds is 0. The predicted molar refractivity (Wildman–Crippen MR) is 112 cm³/mol. The van der Waals surface area contributed by atoms with Gasteiger partial charge in [0.25, 0.3) is 0 Å². The SMILES string of the molecule is c1cc2c3c(cccc3c1)-c1nc3cc4nc5ccccc5nc4cc3nc1-2. The Morgan fingerprint density at radius 1 is 0.429 bits per heavy atom. The van der Waals surface area contributed by atoms with Crippen molar-refractivity contribution in [2.45, 2.75) is 0 Å². The van der Waals surface area contributed by atoms with Crippen LogP contribution >= 0.6 is 0 Å². The Hall–Kier alpha value is -3.92. The van der Waals surface area contributed by atoms with Crippen LogP contribution in [0.4, 0.5) is 0 Å². The molecule has 28 heavy (non-hydrogen) atoms. The first kappa shape index (κ1) is 14.2. The fourth-order valence-corrected chi connectivity index (χ4v) is 4.28. The van der Waals surface area contributed by atoms with Gasteiger partial charge in [-0.25, -0.2) is 19.9 Å². The zero-order valence-electron chi connectivity index (χ0n) is 14.7. The molecule has 0 spiro atoms. The highest BCUT2D eigenvalue weighted by molar-refractivity contribution is 6.14. The molecule has 0 radical (unpaired) electrons. The van der Waals surface area contributed by atoms with Crippen molar-refractivity contribution in [2.75, 3.05) is 0 Å². The summed E-state index contributed by atoms with van der Waals surface area (Å²) < 4.78 is 0. The third-order valence-electron chi connectivity index (χ3n) is 5.54. The molecule has 1 aliphatic carbocycles. The Morgan fingerprint density at radius 2 is 0.929 bits per heavy atom. The second-order valence-electron chi connectivity index (χ2n) is 7.17. The Morgan fingerprint density at radius 3 is 1.46 bits per heavy atom. The second kappa shape index (κ2) is 4.87. The summed E-state index contributed by atoms with van der Waals surface area (Å²) in [6, 6.07) is 24.6. The lowest BCUT2D eigenvalue weighted by atomic mass is 10.0. The first-order valence-electron chi connectivity index (χ1n) is 9.26. The van der Waals surface area contributed by atoms with E-state index in [4.69, 9.17) is 19.9 Å². The van der Waals surface area contributed by atoms with Crippen molar-refractivity contribution in [3.05, 3.63) is 72.8 Å². The van der Waals surface area contributed by atoms with Crippen LogP contribution in [0.3, 0.4) is 0 Å². The molecule has 0 unspecified atom stereocenters. The Labute approximate surface area is 159 Å². The normalized spacial score (nSPS) is 12.3. The lowest BCUT2D eigenvalue weighted by Gasteiger charge is -2.06. The summed E-state index contributed by atoms with van der Waals surface area (Å²) in [5.74, 6) is 0. The number of para-hydroxylation sites is 2. The molecule has 0 saturated carbocycles. The van der Waals surface area contributed by atoms with Gasteiger partial charge in [0.15, 0.2) is 0 Å². The van der Waals surface area contributed by atoms with Crippen LogP contribution in [0.2, 0.25) is 0 Å². The molecule has 7 rings (SSSR count). The van der Waals surface area contributed by atoms with E-state index in [-0.39, 0.29) is 0 Å². The van der Waals surface area contributed by atoms with Gasteiger partial charge in [-0.2, -0.15) is 0 Å². The molecular weight excluding hydrogens is 344 g/mol. The van der Waals surface area contributed by atoms with E-state index >= 15 is 0 Å². The van der Waals surface area contributed by atoms with E-state index in [1.807, 2.05) is 36.4 Å².